The van der Waals surface area contributed by atoms with Crippen LogP contribution in [0.15, 0.2) is 30.3 Å². The smallest absolute Gasteiger partial charge is 0.244 e. The van der Waals surface area contributed by atoms with Crippen molar-refractivity contribution in [1.29, 1.82) is 0 Å². The van der Waals surface area contributed by atoms with Crippen LogP contribution in [-0.2, 0) is 11.2 Å². The Morgan fingerprint density at radius 2 is 2.00 bits per heavy atom. The molecule has 3 nitrogen and oxygen atoms in total. The first kappa shape index (κ1) is 15.8. The number of amides is 1. The Morgan fingerprint density at radius 1 is 1.29 bits per heavy atom. The summed E-state index contributed by atoms with van der Waals surface area (Å²) in [6, 6.07) is 8.23. The summed E-state index contributed by atoms with van der Waals surface area (Å²) in [4.78, 5) is 11.8. The minimum atomic E-state index is -0.0573. The number of carbonyl (C=O) groups is 1. The SMILES string of the molecule is CCc1ccc(C=CC(=O)NCC2CCCC2CO)cc1. The molecule has 2 atom stereocenters. The highest BCUT2D eigenvalue weighted by Gasteiger charge is 2.26. The number of rotatable bonds is 6. The lowest BCUT2D eigenvalue weighted by molar-refractivity contribution is -0.116. The molecule has 1 aliphatic carbocycles. The maximum absolute atomic E-state index is 11.8. The Labute approximate surface area is 127 Å². The molecule has 0 aromatic heterocycles. The second kappa shape index (κ2) is 7.99. The third kappa shape index (κ3) is 4.71. The van der Waals surface area contributed by atoms with Crippen molar-refractivity contribution >= 4 is 12.0 Å². The highest BCUT2D eigenvalue weighted by Crippen LogP contribution is 2.30. The summed E-state index contributed by atoms with van der Waals surface area (Å²) in [6.07, 6.45) is 7.80. The first-order valence-electron chi connectivity index (χ1n) is 7.88. The van der Waals surface area contributed by atoms with Gasteiger partial charge < -0.3 is 10.4 Å². The standard InChI is InChI=1S/C18H25NO2/c1-2-14-6-8-15(9-7-14)10-11-18(21)19-12-16-4-3-5-17(16)13-20/h6-11,16-17,20H,2-5,12-13H2,1H3,(H,19,21). The minimum Gasteiger partial charge on any atom is -0.396 e. The van der Waals surface area contributed by atoms with Crippen LogP contribution in [0.4, 0.5) is 0 Å². The quantitative estimate of drug-likeness (QED) is 0.790. The molecule has 2 N–H and O–H groups in total. The van der Waals surface area contributed by atoms with Crippen LogP contribution in [0.1, 0.15) is 37.3 Å². The zero-order valence-electron chi connectivity index (χ0n) is 12.7. The first-order valence-corrected chi connectivity index (χ1v) is 7.88. The Morgan fingerprint density at radius 3 is 2.67 bits per heavy atom. The fourth-order valence-electron chi connectivity index (χ4n) is 2.95. The van der Waals surface area contributed by atoms with Crippen LogP contribution in [0.25, 0.3) is 6.08 Å². The Balaban J connectivity index is 1.79. The van der Waals surface area contributed by atoms with Crippen LogP contribution >= 0.6 is 0 Å². The third-order valence-electron chi connectivity index (χ3n) is 4.40. The zero-order valence-corrected chi connectivity index (χ0v) is 12.7. The van der Waals surface area contributed by atoms with Crippen LogP contribution in [0.5, 0.6) is 0 Å². The van der Waals surface area contributed by atoms with Gasteiger partial charge in [-0.05, 0) is 48.3 Å². The third-order valence-corrected chi connectivity index (χ3v) is 4.40. The largest absolute Gasteiger partial charge is 0.396 e. The van der Waals surface area contributed by atoms with E-state index in [0.717, 1.165) is 31.2 Å². The normalized spacial score (nSPS) is 21.8. The molecule has 1 fully saturated rings. The van der Waals surface area contributed by atoms with Crippen molar-refractivity contribution in [3.63, 3.8) is 0 Å². The van der Waals surface area contributed by atoms with Crippen molar-refractivity contribution < 1.29 is 9.90 Å². The molecule has 0 bridgehead atoms. The van der Waals surface area contributed by atoms with Gasteiger partial charge in [-0.1, -0.05) is 37.6 Å². The van der Waals surface area contributed by atoms with Gasteiger partial charge in [0, 0.05) is 19.2 Å². The van der Waals surface area contributed by atoms with E-state index in [1.807, 2.05) is 18.2 Å². The van der Waals surface area contributed by atoms with Crippen LogP contribution in [0.3, 0.4) is 0 Å². The lowest BCUT2D eigenvalue weighted by Crippen LogP contribution is -2.30. The highest BCUT2D eigenvalue weighted by molar-refractivity contribution is 5.91. The molecule has 114 valence electrons. The van der Waals surface area contributed by atoms with Gasteiger partial charge in [0.2, 0.25) is 5.91 Å². The van der Waals surface area contributed by atoms with E-state index in [1.54, 1.807) is 6.08 Å². The van der Waals surface area contributed by atoms with Gasteiger partial charge in [-0.2, -0.15) is 0 Å². The molecule has 1 aromatic carbocycles. The highest BCUT2D eigenvalue weighted by atomic mass is 16.3. The van der Waals surface area contributed by atoms with E-state index in [-0.39, 0.29) is 12.5 Å². The Kier molecular flexibility index (Phi) is 6.00. The van der Waals surface area contributed by atoms with E-state index in [4.69, 9.17) is 0 Å². The van der Waals surface area contributed by atoms with Gasteiger partial charge in [-0.15, -0.1) is 0 Å². The summed E-state index contributed by atoms with van der Waals surface area (Å²) in [5, 5.41) is 12.2. The summed E-state index contributed by atoms with van der Waals surface area (Å²) in [5.74, 6) is 0.727. The molecule has 1 aromatic rings. The first-order chi connectivity index (χ1) is 10.2. The molecule has 3 heteroatoms. The van der Waals surface area contributed by atoms with Crippen molar-refractivity contribution in [2.24, 2.45) is 11.8 Å². The maximum atomic E-state index is 11.8. The van der Waals surface area contributed by atoms with Crippen LogP contribution in [0.2, 0.25) is 0 Å². The number of nitrogens with one attached hydrogen (secondary N) is 1. The summed E-state index contributed by atoms with van der Waals surface area (Å²) >= 11 is 0. The molecule has 0 aliphatic heterocycles. The van der Waals surface area contributed by atoms with Crippen LogP contribution < -0.4 is 5.32 Å². The molecule has 0 spiro atoms. The molecule has 2 rings (SSSR count). The maximum Gasteiger partial charge on any atom is 0.244 e. The molecule has 0 radical (unpaired) electrons. The number of aryl methyl sites for hydroxylation is 1. The van der Waals surface area contributed by atoms with E-state index >= 15 is 0 Å². The fourth-order valence-corrected chi connectivity index (χ4v) is 2.95. The molecule has 1 saturated carbocycles. The number of hydrogen-bond acceptors (Lipinski definition) is 2. The molecule has 0 heterocycles. The van der Waals surface area contributed by atoms with Gasteiger partial charge in [0.25, 0.3) is 0 Å². The van der Waals surface area contributed by atoms with Crippen LogP contribution in [-0.4, -0.2) is 24.2 Å². The molecular weight excluding hydrogens is 262 g/mol. The molecule has 2 unspecified atom stereocenters. The number of aliphatic hydroxyl groups excluding tert-OH is 1. The van der Waals surface area contributed by atoms with Gasteiger partial charge in [-0.3, -0.25) is 4.79 Å². The molecular formula is C18H25NO2. The van der Waals surface area contributed by atoms with Gasteiger partial charge in [0.15, 0.2) is 0 Å². The monoisotopic (exact) mass is 287 g/mol. The van der Waals surface area contributed by atoms with Crippen molar-refractivity contribution in [3.8, 4) is 0 Å². The van der Waals surface area contributed by atoms with Gasteiger partial charge in [0.1, 0.15) is 0 Å². The second-order valence-corrected chi connectivity index (χ2v) is 5.81. The van der Waals surface area contributed by atoms with Crippen molar-refractivity contribution in [1.82, 2.24) is 5.32 Å². The predicted octanol–water partition coefficient (Wildman–Crippen LogP) is 2.79. The number of benzene rings is 1. The zero-order chi connectivity index (χ0) is 15.1. The van der Waals surface area contributed by atoms with Gasteiger partial charge in [-0.25, -0.2) is 0 Å². The summed E-state index contributed by atoms with van der Waals surface area (Å²) in [7, 11) is 0. The van der Waals surface area contributed by atoms with Crippen molar-refractivity contribution in [2.75, 3.05) is 13.2 Å². The lowest BCUT2D eigenvalue weighted by Gasteiger charge is -2.17. The van der Waals surface area contributed by atoms with Crippen LogP contribution in [0, 0.1) is 11.8 Å². The Hall–Kier alpha value is -1.61. The van der Waals surface area contributed by atoms with Crippen molar-refractivity contribution in [3.05, 3.63) is 41.5 Å². The van der Waals surface area contributed by atoms with E-state index in [0.29, 0.717) is 18.4 Å². The molecule has 21 heavy (non-hydrogen) atoms. The van der Waals surface area contributed by atoms with Crippen molar-refractivity contribution in [2.45, 2.75) is 32.6 Å². The van der Waals surface area contributed by atoms with Gasteiger partial charge in [0.05, 0.1) is 0 Å². The van der Waals surface area contributed by atoms with E-state index < -0.39 is 0 Å². The number of hydrogen-bond donors (Lipinski definition) is 2. The van der Waals surface area contributed by atoms with E-state index in [9.17, 15) is 9.90 Å². The van der Waals surface area contributed by atoms with E-state index in [2.05, 4.69) is 24.4 Å². The average Bonchev–Trinajstić information content (AvgIpc) is 2.99. The van der Waals surface area contributed by atoms with Gasteiger partial charge >= 0.3 is 0 Å². The number of aliphatic hydroxyl groups is 1. The minimum absolute atomic E-state index is 0.0573. The van der Waals surface area contributed by atoms with E-state index in [1.165, 1.54) is 5.56 Å². The summed E-state index contributed by atoms with van der Waals surface area (Å²) in [6.45, 7) is 3.03. The second-order valence-electron chi connectivity index (χ2n) is 5.81. The average molecular weight is 287 g/mol. The fraction of sp³-hybridized carbons (Fsp3) is 0.500. The topological polar surface area (TPSA) is 49.3 Å². The predicted molar refractivity (Wildman–Crippen MR) is 85.8 cm³/mol. The summed E-state index contributed by atoms with van der Waals surface area (Å²) in [5.41, 5.74) is 2.34. The molecule has 0 saturated heterocycles. The molecule has 1 amide bonds. The summed E-state index contributed by atoms with van der Waals surface area (Å²) < 4.78 is 0. The molecule has 1 aliphatic rings. The number of carbonyl (C=O) groups excluding carboxylic acids is 1. The Bertz CT molecular complexity index is 478. The lowest BCUT2D eigenvalue weighted by atomic mass is 9.97.